The molecule has 3 rings (SSSR count). The summed E-state index contributed by atoms with van der Waals surface area (Å²) >= 11 is 0. The standard InChI is InChI=1S/C19H24N4O2/c1-12(21-11-18(24)13-3-6-19(20)23-9-13)7-14-10-22-17-5-4-15(25-2)8-16(14)17/h3-6,8-10,12,18,21-22,24H,7,11H2,1-2H3,(H2,20,23)/t12-,18?/m1/s1. The quantitative estimate of drug-likeness (QED) is 0.530. The molecule has 0 radical (unpaired) electrons. The Morgan fingerprint density at radius 1 is 1.32 bits per heavy atom. The Bertz CT molecular complexity index is 829. The Balaban J connectivity index is 1.60. The lowest BCUT2D eigenvalue weighted by atomic mass is 10.1. The van der Waals surface area contributed by atoms with Gasteiger partial charge in [-0.1, -0.05) is 6.07 Å². The van der Waals surface area contributed by atoms with Crippen LogP contribution in [-0.2, 0) is 6.42 Å². The third-order valence-electron chi connectivity index (χ3n) is 4.35. The number of hydrogen-bond donors (Lipinski definition) is 4. The highest BCUT2D eigenvalue weighted by Crippen LogP contribution is 2.24. The molecule has 2 atom stereocenters. The minimum atomic E-state index is -0.612. The second-order valence-corrected chi connectivity index (χ2v) is 6.27. The molecule has 0 saturated carbocycles. The van der Waals surface area contributed by atoms with Crippen LogP contribution < -0.4 is 15.8 Å². The fraction of sp³-hybridized carbons (Fsp3) is 0.316. The van der Waals surface area contributed by atoms with Gasteiger partial charge in [0.1, 0.15) is 11.6 Å². The van der Waals surface area contributed by atoms with Crippen LogP contribution in [0, 0.1) is 0 Å². The highest BCUT2D eigenvalue weighted by atomic mass is 16.5. The molecule has 1 aromatic carbocycles. The average molecular weight is 340 g/mol. The number of ether oxygens (including phenoxy) is 1. The van der Waals surface area contributed by atoms with Crippen LogP contribution in [0.1, 0.15) is 24.2 Å². The van der Waals surface area contributed by atoms with E-state index in [1.165, 1.54) is 5.56 Å². The van der Waals surface area contributed by atoms with Crippen molar-refractivity contribution in [1.29, 1.82) is 0 Å². The molecule has 5 N–H and O–H groups in total. The number of hydrogen-bond acceptors (Lipinski definition) is 5. The number of pyridine rings is 1. The molecule has 0 saturated heterocycles. The smallest absolute Gasteiger partial charge is 0.123 e. The third kappa shape index (κ3) is 4.10. The monoisotopic (exact) mass is 340 g/mol. The molecule has 132 valence electrons. The highest BCUT2D eigenvalue weighted by Gasteiger charge is 2.12. The van der Waals surface area contributed by atoms with E-state index in [4.69, 9.17) is 10.5 Å². The van der Waals surface area contributed by atoms with Crippen molar-refractivity contribution in [3.05, 3.63) is 53.9 Å². The Kier molecular flexibility index (Phi) is 5.21. The number of nitrogen functional groups attached to an aromatic ring is 1. The van der Waals surface area contributed by atoms with Gasteiger partial charge in [-0.2, -0.15) is 0 Å². The van der Waals surface area contributed by atoms with E-state index in [2.05, 4.69) is 22.2 Å². The molecule has 6 nitrogen and oxygen atoms in total. The normalized spacial score (nSPS) is 13.7. The van der Waals surface area contributed by atoms with Gasteiger partial charge in [0.15, 0.2) is 0 Å². The minimum Gasteiger partial charge on any atom is -0.497 e. The molecular formula is C19H24N4O2. The Morgan fingerprint density at radius 3 is 2.88 bits per heavy atom. The van der Waals surface area contributed by atoms with Gasteiger partial charge in [0.2, 0.25) is 0 Å². The summed E-state index contributed by atoms with van der Waals surface area (Å²) in [7, 11) is 1.67. The predicted molar refractivity (Wildman–Crippen MR) is 99.6 cm³/mol. The van der Waals surface area contributed by atoms with Crippen molar-refractivity contribution in [2.24, 2.45) is 0 Å². The number of anilines is 1. The van der Waals surface area contributed by atoms with Crippen molar-refractivity contribution in [3.8, 4) is 5.75 Å². The molecule has 1 unspecified atom stereocenters. The van der Waals surface area contributed by atoms with Crippen LogP contribution >= 0.6 is 0 Å². The van der Waals surface area contributed by atoms with Crippen LogP contribution in [0.2, 0.25) is 0 Å². The van der Waals surface area contributed by atoms with Crippen LogP contribution in [0.3, 0.4) is 0 Å². The molecule has 6 heteroatoms. The van der Waals surface area contributed by atoms with Crippen molar-refractivity contribution in [1.82, 2.24) is 15.3 Å². The Morgan fingerprint density at radius 2 is 2.16 bits per heavy atom. The summed E-state index contributed by atoms with van der Waals surface area (Å²) in [6, 6.07) is 9.71. The van der Waals surface area contributed by atoms with Gasteiger partial charge in [-0.15, -0.1) is 0 Å². The summed E-state index contributed by atoms with van der Waals surface area (Å²) in [5, 5.41) is 14.8. The lowest BCUT2D eigenvalue weighted by molar-refractivity contribution is 0.170. The molecule has 25 heavy (non-hydrogen) atoms. The second-order valence-electron chi connectivity index (χ2n) is 6.27. The number of rotatable bonds is 7. The summed E-state index contributed by atoms with van der Waals surface area (Å²) in [6.07, 6.45) is 3.87. The Labute approximate surface area is 147 Å². The van der Waals surface area contributed by atoms with Gasteiger partial charge in [0.05, 0.1) is 13.2 Å². The van der Waals surface area contributed by atoms with E-state index in [0.717, 1.165) is 28.6 Å². The number of benzene rings is 1. The summed E-state index contributed by atoms with van der Waals surface area (Å²) < 4.78 is 5.31. The largest absolute Gasteiger partial charge is 0.497 e. The summed E-state index contributed by atoms with van der Waals surface area (Å²) in [5.41, 5.74) is 8.64. The van der Waals surface area contributed by atoms with Crippen molar-refractivity contribution in [2.45, 2.75) is 25.5 Å². The third-order valence-corrected chi connectivity index (χ3v) is 4.35. The second kappa shape index (κ2) is 7.55. The van der Waals surface area contributed by atoms with Gasteiger partial charge in [0.25, 0.3) is 0 Å². The number of aliphatic hydroxyl groups is 1. The molecular weight excluding hydrogens is 316 g/mol. The molecule has 0 bridgehead atoms. The first-order valence-corrected chi connectivity index (χ1v) is 8.33. The van der Waals surface area contributed by atoms with E-state index >= 15 is 0 Å². The number of aromatic nitrogens is 2. The summed E-state index contributed by atoms with van der Waals surface area (Å²) in [4.78, 5) is 7.30. The molecule has 2 aromatic heterocycles. The lowest BCUT2D eigenvalue weighted by Gasteiger charge is -2.17. The van der Waals surface area contributed by atoms with Crippen LogP contribution in [0.4, 0.5) is 5.82 Å². The minimum absolute atomic E-state index is 0.210. The van der Waals surface area contributed by atoms with Gasteiger partial charge in [-0.05, 0) is 43.2 Å². The van der Waals surface area contributed by atoms with Crippen molar-refractivity contribution < 1.29 is 9.84 Å². The zero-order valence-electron chi connectivity index (χ0n) is 14.5. The molecule has 0 aliphatic heterocycles. The first-order chi connectivity index (χ1) is 12.1. The SMILES string of the molecule is COc1ccc2[nH]cc(C[C@@H](C)NCC(O)c3ccc(N)nc3)c2c1. The first-order valence-electron chi connectivity index (χ1n) is 8.33. The van der Waals surface area contributed by atoms with E-state index in [1.807, 2.05) is 24.4 Å². The predicted octanol–water partition coefficient (Wildman–Crippen LogP) is 2.41. The summed E-state index contributed by atoms with van der Waals surface area (Å²) in [6.45, 7) is 2.56. The van der Waals surface area contributed by atoms with Gasteiger partial charge in [0, 0.05) is 41.4 Å². The average Bonchev–Trinajstić information content (AvgIpc) is 3.02. The van der Waals surface area contributed by atoms with E-state index < -0.39 is 6.10 Å². The van der Waals surface area contributed by atoms with Gasteiger partial charge in [-0.25, -0.2) is 4.98 Å². The molecule has 2 heterocycles. The zero-order chi connectivity index (χ0) is 17.8. The highest BCUT2D eigenvalue weighted by molar-refractivity contribution is 5.84. The maximum absolute atomic E-state index is 10.3. The van der Waals surface area contributed by atoms with E-state index in [9.17, 15) is 5.11 Å². The number of aromatic amines is 1. The maximum Gasteiger partial charge on any atom is 0.123 e. The Hall–Kier alpha value is -2.57. The van der Waals surface area contributed by atoms with Crippen LogP contribution in [-0.4, -0.2) is 34.8 Å². The van der Waals surface area contributed by atoms with Gasteiger partial charge < -0.3 is 25.9 Å². The number of aliphatic hydroxyl groups excluding tert-OH is 1. The maximum atomic E-state index is 10.3. The van der Waals surface area contributed by atoms with Gasteiger partial charge in [-0.3, -0.25) is 0 Å². The number of H-pyrrole nitrogens is 1. The number of nitrogens with zero attached hydrogens (tertiary/aromatic N) is 1. The van der Waals surface area contributed by atoms with E-state index in [0.29, 0.717) is 12.4 Å². The number of nitrogens with one attached hydrogen (secondary N) is 2. The van der Waals surface area contributed by atoms with Crippen LogP contribution in [0.5, 0.6) is 5.75 Å². The molecule has 0 aliphatic rings. The number of nitrogens with two attached hydrogens (primary N) is 1. The lowest BCUT2D eigenvalue weighted by Crippen LogP contribution is -2.32. The van der Waals surface area contributed by atoms with Crippen molar-refractivity contribution >= 4 is 16.7 Å². The fourth-order valence-electron chi connectivity index (χ4n) is 2.90. The van der Waals surface area contributed by atoms with E-state index in [1.54, 1.807) is 25.4 Å². The van der Waals surface area contributed by atoms with Crippen molar-refractivity contribution in [2.75, 3.05) is 19.4 Å². The van der Waals surface area contributed by atoms with Crippen LogP contribution in [0.15, 0.2) is 42.7 Å². The molecule has 0 spiro atoms. The molecule has 3 aromatic rings. The molecule has 0 fully saturated rings. The molecule has 0 amide bonds. The van der Waals surface area contributed by atoms with Gasteiger partial charge >= 0.3 is 0 Å². The van der Waals surface area contributed by atoms with Crippen molar-refractivity contribution in [3.63, 3.8) is 0 Å². The molecule has 0 aliphatic carbocycles. The van der Waals surface area contributed by atoms with E-state index in [-0.39, 0.29) is 6.04 Å². The fourth-order valence-corrected chi connectivity index (χ4v) is 2.90. The number of fused-ring (bicyclic) bond motifs is 1. The zero-order valence-corrected chi connectivity index (χ0v) is 14.5. The topological polar surface area (TPSA) is 96.2 Å². The summed E-state index contributed by atoms with van der Waals surface area (Å²) in [5.74, 6) is 1.30. The van der Waals surface area contributed by atoms with Crippen LogP contribution in [0.25, 0.3) is 10.9 Å². The number of methoxy groups -OCH3 is 1. The first kappa shape index (κ1) is 17.3.